The highest BCUT2D eigenvalue weighted by molar-refractivity contribution is 7.47. The zero-order valence-electron chi connectivity index (χ0n) is 45.2. The number of unbranched alkanes of at least 4 members (excludes halogenated alkanes) is 42. The van der Waals surface area contributed by atoms with E-state index in [2.05, 4.69) is 19.2 Å². The molecule has 0 aromatic heterocycles. The summed E-state index contributed by atoms with van der Waals surface area (Å²) in [5.41, 5.74) is 0. The average molecular weight is 959 g/mol. The largest absolute Gasteiger partial charge is 0.472 e. The molecular weight excluding hydrogens is 840 g/mol. The van der Waals surface area contributed by atoms with Crippen LogP contribution < -0.4 is 5.32 Å². The number of phosphoric acid groups is 1. The third-order valence-electron chi connectivity index (χ3n) is 13.9. The van der Waals surface area contributed by atoms with E-state index in [4.69, 9.17) is 9.05 Å². The second kappa shape index (κ2) is 49.5. The lowest BCUT2D eigenvalue weighted by molar-refractivity contribution is -0.870. The number of carbonyl (C=O) groups excluding carboxylic acids is 1. The van der Waals surface area contributed by atoms with Crippen molar-refractivity contribution in [2.45, 2.75) is 321 Å². The highest BCUT2D eigenvalue weighted by Gasteiger charge is 2.28. The van der Waals surface area contributed by atoms with Gasteiger partial charge in [-0.3, -0.25) is 13.8 Å². The summed E-state index contributed by atoms with van der Waals surface area (Å²) in [5, 5.41) is 14.0. The van der Waals surface area contributed by atoms with E-state index < -0.39 is 20.0 Å². The number of aliphatic hydroxyl groups excluding tert-OH is 1. The second-order valence-corrected chi connectivity index (χ2v) is 23.2. The van der Waals surface area contributed by atoms with Crippen molar-refractivity contribution in [3.8, 4) is 0 Å². The van der Waals surface area contributed by atoms with Gasteiger partial charge in [0.1, 0.15) is 13.2 Å². The van der Waals surface area contributed by atoms with Gasteiger partial charge in [-0.05, 0) is 12.8 Å². The highest BCUT2D eigenvalue weighted by atomic mass is 31.2. The van der Waals surface area contributed by atoms with Crippen LogP contribution in [0.3, 0.4) is 0 Å². The van der Waals surface area contributed by atoms with Crippen molar-refractivity contribution in [3.63, 3.8) is 0 Å². The van der Waals surface area contributed by atoms with Crippen LogP contribution in [0.25, 0.3) is 0 Å². The fourth-order valence-corrected chi connectivity index (χ4v) is 9.96. The van der Waals surface area contributed by atoms with Gasteiger partial charge in [-0.15, -0.1) is 0 Å². The molecule has 66 heavy (non-hydrogen) atoms. The van der Waals surface area contributed by atoms with Gasteiger partial charge in [-0.25, -0.2) is 4.57 Å². The Morgan fingerprint density at radius 2 is 0.727 bits per heavy atom. The zero-order valence-corrected chi connectivity index (χ0v) is 46.1. The van der Waals surface area contributed by atoms with Crippen LogP contribution in [0.4, 0.5) is 0 Å². The van der Waals surface area contributed by atoms with E-state index >= 15 is 0 Å². The van der Waals surface area contributed by atoms with E-state index in [1.807, 2.05) is 21.1 Å². The number of aliphatic hydroxyl groups is 1. The molecule has 396 valence electrons. The minimum atomic E-state index is -4.31. The lowest BCUT2D eigenvalue weighted by atomic mass is 10.0. The van der Waals surface area contributed by atoms with Gasteiger partial charge in [-0.2, -0.15) is 0 Å². The number of nitrogens with one attached hydrogen (secondary N) is 1. The normalized spacial score (nSPS) is 13.9. The monoisotopic (exact) mass is 958 g/mol. The van der Waals surface area contributed by atoms with Crippen LogP contribution in [0, 0.1) is 0 Å². The van der Waals surface area contributed by atoms with Gasteiger partial charge in [0.2, 0.25) is 5.91 Å². The maximum atomic E-state index is 13.0. The van der Waals surface area contributed by atoms with Crippen molar-refractivity contribution < 1.29 is 32.9 Å². The average Bonchev–Trinajstić information content (AvgIpc) is 3.28. The standard InChI is InChI=1S/C57H117N2O6P/c1-6-8-10-12-14-16-18-20-21-22-23-24-25-26-27-28-29-30-31-32-33-34-35-36-37-39-41-43-45-47-49-51-57(61)58-55(54-65-66(62,63)64-53-52-59(3,4)5)56(60)50-48-46-44-42-40-38-19-17-15-13-11-9-7-2/h55-56,60H,6-54H2,1-5H3,(H-,58,61,62,63)/p+1/t55-,56+/m0/s1. The van der Waals surface area contributed by atoms with E-state index in [1.165, 1.54) is 244 Å². The maximum absolute atomic E-state index is 13.0. The molecule has 3 N–H and O–H groups in total. The molecule has 0 saturated carbocycles. The molecule has 3 atom stereocenters. The molecule has 0 aliphatic rings. The fourth-order valence-electron chi connectivity index (χ4n) is 9.23. The number of hydrogen-bond acceptors (Lipinski definition) is 5. The van der Waals surface area contributed by atoms with Gasteiger partial charge in [0, 0.05) is 6.42 Å². The summed E-state index contributed by atoms with van der Waals surface area (Å²) >= 11 is 0. The summed E-state index contributed by atoms with van der Waals surface area (Å²) in [7, 11) is 1.63. The minimum Gasteiger partial charge on any atom is -0.391 e. The quantitative estimate of drug-likeness (QED) is 0.0319. The molecular formula is C57H118N2O6P+. The van der Waals surface area contributed by atoms with Crippen LogP contribution in [-0.2, 0) is 18.4 Å². The summed E-state index contributed by atoms with van der Waals surface area (Å²) in [6.07, 6.45) is 58.9. The molecule has 0 fully saturated rings. The number of likely N-dealkylation sites (N-methyl/N-ethyl adjacent to an activating group) is 1. The third-order valence-corrected chi connectivity index (χ3v) is 14.8. The van der Waals surface area contributed by atoms with Crippen molar-refractivity contribution >= 4 is 13.7 Å². The van der Waals surface area contributed by atoms with Crippen LogP contribution in [0.15, 0.2) is 0 Å². The lowest BCUT2D eigenvalue weighted by Crippen LogP contribution is -2.46. The molecule has 0 spiro atoms. The topological polar surface area (TPSA) is 105 Å². The van der Waals surface area contributed by atoms with E-state index in [1.54, 1.807) is 0 Å². The number of phosphoric ester groups is 1. The van der Waals surface area contributed by atoms with Crippen molar-refractivity contribution in [2.24, 2.45) is 0 Å². The van der Waals surface area contributed by atoms with Gasteiger partial charge in [-0.1, -0.05) is 290 Å². The summed E-state index contributed by atoms with van der Waals surface area (Å²) in [6.45, 7) is 4.93. The van der Waals surface area contributed by atoms with Crippen LogP contribution >= 0.6 is 7.82 Å². The molecule has 0 saturated heterocycles. The first-order chi connectivity index (χ1) is 32.0. The number of quaternary nitrogens is 1. The Hall–Kier alpha value is -0.500. The van der Waals surface area contributed by atoms with Crippen LogP contribution in [0.2, 0.25) is 0 Å². The molecule has 1 amide bonds. The molecule has 0 aromatic rings. The Bertz CT molecular complexity index is 1040. The molecule has 9 heteroatoms. The Morgan fingerprint density at radius 1 is 0.455 bits per heavy atom. The molecule has 0 radical (unpaired) electrons. The Balaban J connectivity index is 3.95. The molecule has 1 unspecified atom stereocenters. The first-order valence-corrected chi connectivity index (χ1v) is 30.9. The Morgan fingerprint density at radius 3 is 1.02 bits per heavy atom. The number of amides is 1. The molecule has 0 heterocycles. The summed E-state index contributed by atoms with van der Waals surface area (Å²) in [6, 6.07) is -0.754. The fraction of sp³-hybridized carbons (Fsp3) is 0.982. The van der Waals surface area contributed by atoms with Gasteiger partial charge in [0.15, 0.2) is 0 Å². The van der Waals surface area contributed by atoms with Crippen LogP contribution in [0.5, 0.6) is 0 Å². The number of nitrogens with zero attached hydrogens (tertiary/aromatic N) is 1. The minimum absolute atomic E-state index is 0.0789. The summed E-state index contributed by atoms with van der Waals surface area (Å²) < 4.78 is 23.7. The Labute approximate surface area is 412 Å². The molecule has 0 bridgehead atoms. The zero-order chi connectivity index (χ0) is 48.5. The van der Waals surface area contributed by atoms with Crippen LogP contribution in [0.1, 0.15) is 309 Å². The third kappa shape index (κ3) is 51.4. The smallest absolute Gasteiger partial charge is 0.391 e. The second-order valence-electron chi connectivity index (χ2n) is 21.7. The van der Waals surface area contributed by atoms with Crippen molar-refractivity contribution in [3.05, 3.63) is 0 Å². The maximum Gasteiger partial charge on any atom is 0.472 e. The molecule has 0 rings (SSSR count). The van der Waals surface area contributed by atoms with E-state index in [0.717, 1.165) is 38.5 Å². The molecule has 0 aliphatic heterocycles. The predicted octanol–water partition coefficient (Wildman–Crippen LogP) is 17.7. The summed E-state index contributed by atoms with van der Waals surface area (Å²) in [4.78, 5) is 23.3. The first kappa shape index (κ1) is 65.5. The van der Waals surface area contributed by atoms with Gasteiger partial charge < -0.3 is 19.8 Å². The SMILES string of the molecule is CCCCCCCCCCCCCCCCCCCCCCCCCCCCCCCCCC(=O)N[C@@H](COP(=O)(O)OCC[N+](C)(C)C)[C@H](O)CCCCCCCCCCCCCCC. The van der Waals surface area contributed by atoms with Gasteiger partial charge >= 0.3 is 7.82 Å². The number of carbonyl (C=O) groups is 1. The Kier molecular flexibility index (Phi) is 49.1. The van der Waals surface area contributed by atoms with Gasteiger partial charge in [0.25, 0.3) is 0 Å². The lowest BCUT2D eigenvalue weighted by Gasteiger charge is -2.26. The predicted molar refractivity (Wildman–Crippen MR) is 286 cm³/mol. The number of rotatable bonds is 55. The van der Waals surface area contributed by atoms with Crippen molar-refractivity contribution in [1.29, 1.82) is 0 Å². The van der Waals surface area contributed by atoms with E-state index in [0.29, 0.717) is 23.9 Å². The summed E-state index contributed by atoms with van der Waals surface area (Å²) in [5.74, 6) is -0.137. The first-order valence-electron chi connectivity index (χ1n) is 29.4. The van der Waals surface area contributed by atoms with E-state index in [-0.39, 0.29) is 19.1 Å². The molecule has 0 aromatic carbocycles. The van der Waals surface area contributed by atoms with E-state index in [9.17, 15) is 19.4 Å². The molecule has 8 nitrogen and oxygen atoms in total. The van der Waals surface area contributed by atoms with Crippen molar-refractivity contribution in [2.75, 3.05) is 40.9 Å². The van der Waals surface area contributed by atoms with Crippen molar-refractivity contribution in [1.82, 2.24) is 5.32 Å². The number of hydrogen-bond donors (Lipinski definition) is 3. The molecule has 0 aliphatic carbocycles. The van der Waals surface area contributed by atoms with Crippen LogP contribution in [-0.4, -0.2) is 73.4 Å². The van der Waals surface area contributed by atoms with Gasteiger partial charge in [0.05, 0.1) is 39.9 Å². The highest BCUT2D eigenvalue weighted by Crippen LogP contribution is 2.43.